The molecule has 0 bridgehead atoms. The highest BCUT2D eigenvalue weighted by atomic mass is 14.7. The van der Waals surface area contributed by atoms with E-state index in [1.807, 2.05) is 6.20 Å². The maximum absolute atomic E-state index is 5.34. The lowest BCUT2D eigenvalue weighted by atomic mass is 9.78. The number of rotatable bonds is 7. The van der Waals surface area contributed by atoms with Crippen LogP contribution in [0.3, 0.4) is 0 Å². The van der Waals surface area contributed by atoms with Gasteiger partial charge in [0, 0.05) is 38.8 Å². The minimum Gasteiger partial charge on any atom is -0.256 e. The van der Waals surface area contributed by atoms with Crippen LogP contribution in [-0.4, -0.2) is 4.98 Å². The predicted octanol–water partition coefficient (Wildman–Crippen LogP) is 28.3. The van der Waals surface area contributed by atoms with Gasteiger partial charge >= 0.3 is 0 Å². The van der Waals surface area contributed by atoms with Gasteiger partial charge in [-0.05, 0) is 278 Å². The van der Waals surface area contributed by atoms with Crippen molar-refractivity contribution in [2.75, 3.05) is 0 Å². The topological polar surface area (TPSA) is 12.9 Å². The van der Waals surface area contributed by atoms with Crippen LogP contribution in [0.25, 0.3) is 133 Å². The van der Waals surface area contributed by atoms with Crippen molar-refractivity contribution in [2.45, 2.75) is 182 Å². The molecule has 0 spiro atoms. The van der Waals surface area contributed by atoms with Crippen LogP contribution in [-0.2, 0) is 43.3 Å². The molecule has 0 saturated carbocycles. The molecule has 516 valence electrons. The van der Waals surface area contributed by atoms with Gasteiger partial charge in [-0.3, -0.25) is 4.98 Å². The summed E-state index contributed by atoms with van der Waals surface area (Å²) >= 11 is 0. The molecule has 0 radical (unpaired) electrons. The van der Waals surface area contributed by atoms with Crippen molar-refractivity contribution in [1.29, 1.82) is 0 Å². The Hall–Kier alpha value is -9.95. The van der Waals surface area contributed by atoms with E-state index in [-0.39, 0.29) is 43.3 Å². The number of hydrogen-bond donors (Lipinski definition) is 0. The van der Waals surface area contributed by atoms with Crippen LogP contribution >= 0.6 is 0 Å². The van der Waals surface area contributed by atoms with Crippen molar-refractivity contribution in [3.8, 4) is 123 Å². The molecule has 0 unspecified atom stereocenters. The summed E-state index contributed by atoms with van der Waals surface area (Å²) in [5.74, 6) is 0. The molecule has 4 aliphatic rings. The lowest BCUT2D eigenvalue weighted by Crippen LogP contribution is -2.17. The first-order chi connectivity index (χ1) is 49.0. The number of aromatic nitrogens is 1. The Bertz CT molecular complexity index is 5530. The van der Waals surface area contributed by atoms with Gasteiger partial charge in [-0.25, -0.2) is 0 Å². The quantitative estimate of drug-likeness (QED) is 0.155. The van der Waals surface area contributed by atoms with Crippen molar-refractivity contribution in [2.24, 2.45) is 0 Å². The minimum absolute atomic E-state index is 0.0505. The van der Waals surface area contributed by atoms with Crippen LogP contribution < -0.4 is 0 Å². The summed E-state index contributed by atoms with van der Waals surface area (Å²) in [5.41, 5.74) is 43.3. The molecular formula is C103H99N. The van der Waals surface area contributed by atoms with Crippen LogP contribution in [0.1, 0.15) is 205 Å². The minimum atomic E-state index is -0.175. The monoisotopic (exact) mass is 1350 g/mol. The number of fused-ring (bicyclic) bond motifs is 13. The first kappa shape index (κ1) is 67.2. The number of pyridine rings is 1. The standard InChI is InChI=1S/C103H99N/c1-96(2,3)72-31-39-82-78-35-27-61(52-87(78)100(13,14)91(82)56-72)67-46-66(47-68(48-67)62-28-36-79-83-40-32-73(97(4,5)6)57-92(83)101(15,16)88(79)53-62)60-23-21-24-65(45-60)95-86-26-22-25-76(77(86)43-44-104-95)71-50-69(63-29-37-80-84-41-33-74(98(7,8)9)58-93(84)102(17,18)89(80)54-63)49-70(51-71)64-30-38-81-85-42-34-75(99(10,11)12)59-94(85)103(19,20)90(81)55-64/h21-59H,1-20H3. The van der Waals surface area contributed by atoms with Crippen LogP contribution in [0.5, 0.6) is 0 Å². The highest BCUT2D eigenvalue weighted by Crippen LogP contribution is 2.57. The lowest BCUT2D eigenvalue weighted by Gasteiger charge is -2.25. The molecule has 0 saturated heterocycles. The molecule has 0 N–H and O–H groups in total. The molecule has 0 amide bonds. The average molecular weight is 1350 g/mol. The van der Waals surface area contributed by atoms with Gasteiger partial charge in [0.2, 0.25) is 0 Å². The molecular weight excluding hydrogens is 1250 g/mol. The summed E-state index contributed by atoms with van der Waals surface area (Å²) in [4.78, 5) is 5.34. The maximum Gasteiger partial charge on any atom is 0.0780 e. The third-order valence-electron chi connectivity index (χ3n) is 25.0. The van der Waals surface area contributed by atoms with E-state index < -0.39 is 0 Å². The fourth-order valence-electron chi connectivity index (χ4n) is 18.3. The zero-order chi connectivity index (χ0) is 73.1. The zero-order valence-electron chi connectivity index (χ0n) is 65.0. The van der Waals surface area contributed by atoms with E-state index in [4.69, 9.17) is 4.98 Å². The van der Waals surface area contributed by atoms with Gasteiger partial charge in [-0.15, -0.1) is 0 Å². The first-order valence-electron chi connectivity index (χ1n) is 38.0. The zero-order valence-corrected chi connectivity index (χ0v) is 65.0. The second kappa shape index (κ2) is 22.8. The molecule has 1 heteroatoms. The summed E-state index contributed by atoms with van der Waals surface area (Å²) in [5, 5.41) is 2.29. The summed E-state index contributed by atoms with van der Waals surface area (Å²) in [7, 11) is 0. The molecule has 0 fully saturated rings. The Morgan fingerprint density at radius 2 is 0.452 bits per heavy atom. The average Bonchev–Trinajstić information content (AvgIpc) is 1.56. The number of hydrogen-bond acceptors (Lipinski definition) is 1. The maximum atomic E-state index is 5.34. The molecule has 1 nitrogen and oxygen atoms in total. The van der Waals surface area contributed by atoms with E-state index in [0.29, 0.717) is 0 Å². The number of benzene rings is 12. The number of nitrogens with zero attached hydrogens (tertiary/aromatic N) is 1. The van der Waals surface area contributed by atoms with Crippen molar-refractivity contribution < 1.29 is 0 Å². The van der Waals surface area contributed by atoms with E-state index in [1.165, 1.54) is 178 Å². The smallest absolute Gasteiger partial charge is 0.0780 e. The fourth-order valence-corrected chi connectivity index (χ4v) is 18.3. The van der Waals surface area contributed by atoms with E-state index in [2.05, 4.69) is 369 Å². The third-order valence-corrected chi connectivity index (χ3v) is 25.0. The molecule has 12 aromatic carbocycles. The molecule has 4 aliphatic carbocycles. The van der Waals surface area contributed by atoms with Gasteiger partial charge in [0.15, 0.2) is 0 Å². The first-order valence-corrected chi connectivity index (χ1v) is 38.0. The van der Waals surface area contributed by atoms with Gasteiger partial charge < -0.3 is 0 Å². The van der Waals surface area contributed by atoms with Crippen LogP contribution in [0.4, 0.5) is 0 Å². The van der Waals surface area contributed by atoms with E-state index in [9.17, 15) is 0 Å². The highest BCUT2D eigenvalue weighted by molar-refractivity contribution is 6.05. The van der Waals surface area contributed by atoms with Gasteiger partial charge in [0.05, 0.1) is 5.69 Å². The Labute approximate surface area is 619 Å². The van der Waals surface area contributed by atoms with Crippen LogP contribution in [0, 0.1) is 0 Å². The van der Waals surface area contributed by atoms with E-state index in [0.717, 1.165) is 22.2 Å². The molecule has 0 aliphatic heterocycles. The summed E-state index contributed by atoms with van der Waals surface area (Å²) in [6, 6.07) is 90.8. The molecule has 0 atom stereocenters. The van der Waals surface area contributed by atoms with Crippen molar-refractivity contribution in [3.05, 3.63) is 303 Å². The van der Waals surface area contributed by atoms with Gasteiger partial charge in [-0.2, -0.15) is 0 Å². The molecule has 17 rings (SSSR count). The SMILES string of the molecule is CC(C)(C)c1ccc2c(c1)C(C)(C)c1cc(-c3cc(-c4cccc(-c5nccc6c(-c7cc(-c8ccc9c(c8)C(C)(C)c8cc(C(C)(C)C)ccc8-9)cc(-c8ccc9c(c8)C(C)(C)c8cc(C(C)(C)C)ccc8-9)c7)cccc56)c4)cc(-c4ccc5c(c4)C(C)(C)c4cc(C(C)(C)C)ccc4-5)c3)ccc1-2. The van der Waals surface area contributed by atoms with Crippen LogP contribution in [0.15, 0.2) is 237 Å². The largest absolute Gasteiger partial charge is 0.256 e. The Morgan fingerprint density at radius 1 is 0.202 bits per heavy atom. The molecule has 1 aromatic heterocycles. The third kappa shape index (κ3) is 10.6. The summed E-state index contributed by atoms with van der Waals surface area (Å²) in [6.45, 7) is 47.2. The summed E-state index contributed by atoms with van der Waals surface area (Å²) < 4.78 is 0. The molecule has 104 heavy (non-hydrogen) atoms. The molecule has 13 aromatic rings. The van der Waals surface area contributed by atoms with E-state index in [1.54, 1.807) is 0 Å². The van der Waals surface area contributed by atoms with Gasteiger partial charge in [-0.1, -0.05) is 296 Å². The predicted molar refractivity (Wildman–Crippen MR) is 445 cm³/mol. The lowest BCUT2D eigenvalue weighted by molar-refractivity contribution is 0.584. The van der Waals surface area contributed by atoms with Crippen molar-refractivity contribution >= 4 is 10.8 Å². The van der Waals surface area contributed by atoms with Gasteiger partial charge in [0.1, 0.15) is 0 Å². The van der Waals surface area contributed by atoms with Crippen LogP contribution in [0.2, 0.25) is 0 Å². The molecule has 1 heterocycles. The second-order valence-electron chi connectivity index (χ2n) is 37.3. The Balaban J connectivity index is 0.793. The Kier molecular flexibility index (Phi) is 14.7. The summed E-state index contributed by atoms with van der Waals surface area (Å²) in [6.07, 6.45) is 2.03. The van der Waals surface area contributed by atoms with Crippen molar-refractivity contribution in [3.63, 3.8) is 0 Å². The highest BCUT2D eigenvalue weighted by Gasteiger charge is 2.41. The van der Waals surface area contributed by atoms with E-state index >= 15 is 0 Å². The Morgan fingerprint density at radius 3 is 0.760 bits per heavy atom. The fraction of sp³-hybridized carbons (Fsp3) is 0.272. The van der Waals surface area contributed by atoms with Gasteiger partial charge in [0.25, 0.3) is 0 Å². The second-order valence-corrected chi connectivity index (χ2v) is 37.3. The normalized spacial score (nSPS) is 15.4. The van der Waals surface area contributed by atoms with Crippen molar-refractivity contribution in [1.82, 2.24) is 4.98 Å².